The van der Waals surface area contributed by atoms with Gasteiger partial charge in [0, 0.05) is 23.2 Å². The zero-order valence-corrected chi connectivity index (χ0v) is 23.5. The molecule has 4 rings (SSSR count). The number of nitrogens with one attached hydrogen (secondary N) is 1. The van der Waals surface area contributed by atoms with Crippen LogP contribution in [0.5, 0.6) is 23.0 Å². The van der Waals surface area contributed by atoms with E-state index in [1.54, 1.807) is 32.0 Å². The average Bonchev–Trinajstić information content (AvgIpc) is 3.14. The van der Waals surface area contributed by atoms with Gasteiger partial charge in [0.1, 0.15) is 0 Å². The van der Waals surface area contributed by atoms with Crippen LogP contribution in [0.4, 0.5) is 13.2 Å². The van der Waals surface area contributed by atoms with Gasteiger partial charge in [-0.1, -0.05) is 26.0 Å². The molecule has 0 spiro atoms. The number of ether oxygens (including phenoxy) is 4. The van der Waals surface area contributed by atoms with Crippen molar-refractivity contribution in [3.8, 4) is 23.0 Å². The second-order valence-electron chi connectivity index (χ2n) is 10.6. The number of rotatable bonds is 8. The number of ketones is 1. The highest BCUT2D eigenvalue weighted by Gasteiger charge is 2.71. The molecule has 0 saturated carbocycles. The Bertz CT molecular complexity index is 1430. The highest BCUT2D eigenvalue weighted by Crippen LogP contribution is 2.52. The van der Waals surface area contributed by atoms with Crippen molar-refractivity contribution < 1.29 is 46.5 Å². The maximum absolute atomic E-state index is 15.2. The number of carbonyl (C=O) groups excluding carboxylic acids is 3. The van der Waals surface area contributed by atoms with Crippen LogP contribution in [0.1, 0.15) is 42.6 Å². The molecule has 0 radical (unpaired) electrons. The van der Waals surface area contributed by atoms with E-state index in [-0.39, 0.29) is 47.9 Å². The molecule has 0 fully saturated rings. The van der Waals surface area contributed by atoms with Crippen LogP contribution >= 0.6 is 0 Å². The second kappa shape index (κ2) is 10.6. The Morgan fingerprint density at radius 2 is 1.59 bits per heavy atom. The van der Waals surface area contributed by atoms with Gasteiger partial charge in [0.15, 0.2) is 28.8 Å². The van der Waals surface area contributed by atoms with Crippen molar-refractivity contribution in [2.45, 2.75) is 44.9 Å². The van der Waals surface area contributed by atoms with Crippen LogP contribution in [0.15, 0.2) is 47.7 Å². The summed E-state index contributed by atoms with van der Waals surface area (Å²) in [6.07, 6.45) is -5.60. The quantitative estimate of drug-likeness (QED) is 0.496. The van der Waals surface area contributed by atoms with Crippen LogP contribution in [0, 0.1) is 5.41 Å². The number of alkyl halides is 3. The van der Waals surface area contributed by atoms with Gasteiger partial charge in [0.2, 0.25) is 5.54 Å². The first-order chi connectivity index (χ1) is 19.2. The third-order valence-electron chi connectivity index (χ3n) is 7.30. The number of carbonyl (C=O) groups is 3. The van der Waals surface area contributed by atoms with E-state index in [0.29, 0.717) is 11.3 Å². The molecule has 2 aromatic rings. The first kappa shape index (κ1) is 29.8. The van der Waals surface area contributed by atoms with Crippen molar-refractivity contribution in [2.75, 3.05) is 28.4 Å². The highest BCUT2D eigenvalue weighted by atomic mass is 19.4. The second-order valence-corrected chi connectivity index (χ2v) is 10.6. The Hall–Kier alpha value is -4.22. The van der Waals surface area contributed by atoms with E-state index >= 15 is 13.2 Å². The Labute approximate surface area is 235 Å². The van der Waals surface area contributed by atoms with Crippen molar-refractivity contribution >= 4 is 17.6 Å². The zero-order chi connectivity index (χ0) is 30.3. The maximum Gasteiger partial charge on any atom is 0.425 e. The van der Waals surface area contributed by atoms with Crippen LogP contribution < -0.4 is 24.3 Å². The van der Waals surface area contributed by atoms with Gasteiger partial charge >= 0.3 is 6.18 Å². The molecular weight excluding hydrogens is 545 g/mol. The van der Waals surface area contributed by atoms with E-state index in [1.807, 2.05) is 5.32 Å². The molecule has 2 aliphatic rings. The minimum atomic E-state index is -5.36. The zero-order valence-electron chi connectivity index (χ0n) is 23.5. The fourth-order valence-corrected chi connectivity index (χ4v) is 5.46. The van der Waals surface area contributed by atoms with Gasteiger partial charge in [-0.25, -0.2) is 0 Å². The number of hydrogen-bond acceptors (Lipinski definition) is 7. The summed E-state index contributed by atoms with van der Waals surface area (Å²) in [6, 6.07) is 8.58. The van der Waals surface area contributed by atoms with E-state index in [4.69, 9.17) is 18.9 Å². The standard InChI is InChI=1S/C29H31F3N2O7/c1-27(2)13-18-23(19(35)14-27)28(29(30,31)32,33-25(36)16-10-11-20(38-3)22(12-16)40-5)26(37)34(18)15-17-8-7-9-21(39-4)24(17)41-6/h7-12H,13-15H2,1-6H3,(H,33,36). The monoisotopic (exact) mass is 576 g/mol. The molecule has 1 aliphatic carbocycles. The third-order valence-corrected chi connectivity index (χ3v) is 7.30. The highest BCUT2D eigenvalue weighted by molar-refractivity contribution is 6.14. The molecule has 1 heterocycles. The summed E-state index contributed by atoms with van der Waals surface area (Å²) in [5.74, 6) is -2.68. The molecule has 2 aromatic carbocycles. The minimum Gasteiger partial charge on any atom is -0.493 e. The van der Waals surface area contributed by atoms with Crippen LogP contribution in [0.25, 0.3) is 0 Å². The van der Waals surface area contributed by atoms with E-state index < -0.39 is 40.3 Å². The number of Topliss-reactive ketones (excluding diaryl/α,β-unsaturated/α-hetero) is 1. The van der Waals surface area contributed by atoms with Crippen LogP contribution in [0.3, 0.4) is 0 Å². The molecule has 9 nitrogen and oxygen atoms in total. The van der Waals surface area contributed by atoms with E-state index in [9.17, 15) is 14.4 Å². The van der Waals surface area contributed by atoms with Gasteiger partial charge in [0.25, 0.3) is 11.8 Å². The average molecular weight is 577 g/mol. The summed E-state index contributed by atoms with van der Waals surface area (Å²) in [6.45, 7) is 3.12. The number of nitrogens with zero attached hydrogens (tertiary/aromatic N) is 1. The number of allylic oxidation sites excluding steroid dienone is 1. The smallest absolute Gasteiger partial charge is 0.425 e. The molecule has 0 saturated heterocycles. The molecule has 1 N–H and O–H groups in total. The summed E-state index contributed by atoms with van der Waals surface area (Å²) in [4.78, 5) is 41.8. The predicted molar refractivity (Wildman–Crippen MR) is 141 cm³/mol. The molecule has 1 atom stereocenters. The number of methoxy groups -OCH3 is 4. The lowest BCUT2D eigenvalue weighted by atomic mass is 9.72. The molecule has 1 unspecified atom stereocenters. The van der Waals surface area contributed by atoms with Crippen molar-refractivity contribution in [1.82, 2.24) is 10.2 Å². The summed E-state index contributed by atoms with van der Waals surface area (Å²) in [7, 11) is 5.45. The summed E-state index contributed by atoms with van der Waals surface area (Å²) >= 11 is 0. The topological polar surface area (TPSA) is 103 Å². The summed E-state index contributed by atoms with van der Waals surface area (Å²) in [5.41, 5.74) is -5.07. The summed E-state index contributed by atoms with van der Waals surface area (Å²) in [5, 5.41) is 1.92. The Morgan fingerprint density at radius 1 is 0.927 bits per heavy atom. The molecule has 2 amide bonds. The Morgan fingerprint density at radius 3 is 2.17 bits per heavy atom. The lowest BCUT2D eigenvalue weighted by molar-refractivity contribution is -0.190. The molecule has 12 heteroatoms. The molecule has 41 heavy (non-hydrogen) atoms. The van der Waals surface area contributed by atoms with Crippen molar-refractivity contribution in [3.05, 3.63) is 58.8 Å². The number of hydrogen-bond donors (Lipinski definition) is 1. The number of benzene rings is 2. The first-order valence-corrected chi connectivity index (χ1v) is 12.6. The van der Waals surface area contributed by atoms with Crippen LogP contribution in [-0.4, -0.2) is 62.7 Å². The molecule has 0 aromatic heterocycles. The predicted octanol–water partition coefficient (Wildman–Crippen LogP) is 4.44. The fraction of sp³-hybridized carbons (Fsp3) is 0.414. The van der Waals surface area contributed by atoms with E-state index in [2.05, 4.69) is 0 Å². The van der Waals surface area contributed by atoms with Crippen LogP contribution in [0.2, 0.25) is 0 Å². The van der Waals surface area contributed by atoms with E-state index in [0.717, 1.165) is 4.90 Å². The van der Waals surface area contributed by atoms with Gasteiger partial charge in [-0.15, -0.1) is 0 Å². The molecule has 220 valence electrons. The first-order valence-electron chi connectivity index (χ1n) is 12.6. The van der Waals surface area contributed by atoms with Gasteiger partial charge in [-0.3, -0.25) is 14.4 Å². The van der Waals surface area contributed by atoms with Crippen molar-refractivity contribution in [3.63, 3.8) is 0 Å². The third kappa shape index (κ3) is 4.95. The Kier molecular flexibility index (Phi) is 7.72. The van der Waals surface area contributed by atoms with Gasteiger partial charge < -0.3 is 29.2 Å². The Balaban J connectivity index is 1.88. The largest absolute Gasteiger partial charge is 0.493 e. The minimum absolute atomic E-state index is 0.00381. The van der Waals surface area contributed by atoms with E-state index in [1.165, 1.54) is 46.6 Å². The number of para-hydroxylation sites is 1. The lowest BCUT2D eigenvalue weighted by Crippen LogP contribution is -2.66. The molecular formula is C29H31F3N2O7. The van der Waals surface area contributed by atoms with Gasteiger partial charge in [-0.05, 0) is 36.1 Å². The SMILES string of the molecule is COc1ccc(C(=O)NC2(C(F)(F)F)C(=O)N(Cc3cccc(OC)c3OC)C3=C2C(=O)CC(C)(C)C3)cc1OC. The number of amides is 2. The van der Waals surface area contributed by atoms with Gasteiger partial charge in [-0.2, -0.15) is 13.2 Å². The number of halogens is 3. The normalized spacial score (nSPS) is 20.1. The van der Waals surface area contributed by atoms with Crippen LogP contribution in [-0.2, 0) is 16.1 Å². The fourth-order valence-electron chi connectivity index (χ4n) is 5.46. The van der Waals surface area contributed by atoms with Crippen molar-refractivity contribution in [2.24, 2.45) is 5.41 Å². The summed E-state index contributed by atoms with van der Waals surface area (Å²) < 4.78 is 66.6. The van der Waals surface area contributed by atoms with Gasteiger partial charge in [0.05, 0.1) is 40.6 Å². The maximum atomic E-state index is 15.2. The molecule has 0 bridgehead atoms. The van der Waals surface area contributed by atoms with Crippen molar-refractivity contribution in [1.29, 1.82) is 0 Å². The lowest BCUT2D eigenvalue weighted by Gasteiger charge is -2.35. The molecule has 1 aliphatic heterocycles.